The van der Waals surface area contributed by atoms with E-state index in [1.54, 1.807) is 13.8 Å². The molecule has 5 nitrogen and oxygen atoms in total. The summed E-state index contributed by atoms with van der Waals surface area (Å²) < 4.78 is 0. The molecule has 0 aliphatic carbocycles. The van der Waals surface area contributed by atoms with E-state index in [-0.39, 0.29) is 12.3 Å². The molecule has 1 heterocycles. The number of hydrogen-bond donors (Lipinski definition) is 3. The van der Waals surface area contributed by atoms with Crippen LogP contribution in [0.15, 0.2) is 24.3 Å². The third-order valence-corrected chi connectivity index (χ3v) is 4.01. The van der Waals surface area contributed by atoms with Gasteiger partial charge in [-0.3, -0.25) is 9.59 Å². The number of nitrogens with zero attached hydrogens (tertiary/aromatic N) is 1. The number of aromatic nitrogens is 2. The van der Waals surface area contributed by atoms with Gasteiger partial charge in [0.05, 0.1) is 17.5 Å². The predicted octanol–water partition coefficient (Wildman–Crippen LogP) is 2.39. The summed E-state index contributed by atoms with van der Waals surface area (Å²) in [5.74, 6) is -0.943. The fourth-order valence-electron chi connectivity index (χ4n) is 2.39. The molecular weight excluding hydrogens is 276 g/mol. The maximum Gasteiger partial charge on any atom is 0.304 e. The van der Waals surface area contributed by atoms with Gasteiger partial charge in [-0.05, 0) is 18.1 Å². The smallest absolute Gasteiger partial charge is 0.304 e. The summed E-state index contributed by atoms with van der Waals surface area (Å²) in [6.07, 6.45) is -0.340. The third kappa shape index (κ3) is 2.31. The Morgan fingerprint density at radius 2 is 2.05 bits per heavy atom. The maximum absolute atomic E-state index is 12.1. The van der Waals surface area contributed by atoms with E-state index < -0.39 is 16.5 Å². The molecule has 6 heteroatoms. The lowest BCUT2D eigenvalue weighted by Crippen LogP contribution is -2.41. The van der Waals surface area contributed by atoms with Crippen LogP contribution in [0.1, 0.15) is 26.1 Å². The van der Waals surface area contributed by atoms with Crippen molar-refractivity contribution in [1.29, 1.82) is 0 Å². The van der Waals surface area contributed by atoms with Crippen molar-refractivity contribution in [2.45, 2.75) is 25.7 Å². The van der Waals surface area contributed by atoms with Gasteiger partial charge in [0, 0.05) is 0 Å². The molecule has 0 aliphatic rings. The largest absolute Gasteiger partial charge is 0.481 e. The Balaban J connectivity index is 2.66. The van der Waals surface area contributed by atoms with Crippen LogP contribution in [-0.4, -0.2) is 26.2 Å². The molecule has 0 aliphatic heterocycles. The zero-order valence-electron chi connectivity index (χ0n) is 11.3. The van der Waals surface area contributed by atoms with Crippen molar-refractivity contribution >= 4 is 34.7 Å². The Bertz CT molecular complexity index is 632. The lowest BCUT2D eigenvalue weighted by Gasteiger charge is -2.31. The number of aromatic amines is 1. The van der Waals surface area contributed by atoms with Crippen LogP contribution in [0.5, 0.6) is 0 Å². The molecule has 0 bridgehead atoms. The highest BCUT2D eigenvalue weighted by Gasteiger charge is 2.46. The van der Waals surface area contributed by atoms with Gasteiger partial charge >= 0.3 is 5.97 Å². The highest BCUT2D eigenvalue weighted by molar-refractivity contribution is 7.96. The number of H-pyrrole nitrogens is 1. The fraction of sp³-hybridized carbons (Fsp3) is 0.357. The Labute approximate surface area is 121 Å². The zero-order chi connectivity index (χ0) is 14.9. The van der Waals surface area contributed by atoms with Gasteiger partial charge in [0.15, 0.2) is 5.12 Å². The van der Waals surface area contributed by atoms with Gasteiger partial charge in [-0.1, -0.05) is 26.0 Å². The zero-order valence-corrected chi connectivity index (χ0v) is 12.1. The summed E-state index contributed by atoms with van der Waals surface area (Å²) in [5.41, 5.74) is 0.216. The van der Waals surface area contributed by atoms with Gasteiger partial charge in [-0.2, -0.15) is 0 Å². The molecule has 2 aromatic rings. The molecule has 0 saturated heterocycles. The van der Waals surface area contributed by atoms with E-state index >= 15 is 0 Å². The minimum absolute atomic E-state index is 0.246. The van der Waals surface area contributed by atoms with Crippen molar-refractivity contribution < 1.29 is 14.7 Å². The molecule has 2 N–H and O–H groups in total. The predicted molar refractivity (Wildman–Crippen MR) is 78.9 cm³/mol. The van der Waals surface area contributed by atoms with Crippen LogP contribution in [-0.2, 0) is 15.0 Å². The standard InChI is InChI=1S/C14H16N2O3S/c1-8(2)14(13(19)20,7-11(17)18)12-15-9-5-3-4-6-10(9)16-12/h3-6,8H,7H2,1-2H3,(H,15,16)(H,17,18)(H,19,20). The van der Waals surface area contributed by atoms with Crippen LogP contribution in [0.25, 0.3) is 11.0 Å². The van der Waals surface area contributed by atoms with Gasteiger partial charge in [0.25, 0.3) is 0 Å². The number of carbonyl (C=O) groups excluding carboxylic acids is 1. The second-order valence-corrected chi connectivity index (χ2v) is 5.51. The number of carboxylic acid groups (broad SMARTS) is 1. The topological polar surface area (TPSA) is 83.0 Å². The number of para-hydroxylation sites is 2. The molecule has 0 radical (unpaired) electrons. The highest BCUT2D eigenvalue weighted by Crippen LogP contribution is 2.37. The number of nitrogens with one attached hydrogen (secondary N) is 1. The first kappa shape index (κ1) is 14.6. The normalized spacial score (nSPS) is 14.4. The van der Waals surface area contributed by atoms with Crippen molar-refractivity contribution in [1.82, 2.24) is 9.97 Å². The fourth-order valence-corrected chi connectivity index (χ4v) is 2.83. The highest BCUT2D eigenvalue weighted by atomic mass is 32.1. The molecule has 1 aromatic heterocycles. The van der Waals surface area contributed by atoms with Crippen LogP contribution in [0, 0.1) is 5.92 Å². The lowest BCUT2D eigenvalue weighted by molar-refractivity contribution is -0.141. The van der Waals surface area contributed by atoms with E-state index in [0.29, 0.717) is 11.3 Å². The first-order chi connectivity index (χ1) is 9.37. The summed E-state index contributed by atoms with van der Waals surface area (Å²) >= 11 is 3.92. The van der Waals surface area contributed by atoms with Crippen molar-refractivity contribution in [3.05, 3.63) is 30.1 Å². The number of imidazole rings is 1. The average Bonchev–Trinajstić information content (AvgIpc) is 2.78. The first-order valence-corrected chi connectivity index (χ1v) is 6.73. The van der Waals surface area contributed by atoms with Gasteiger partial charge < -0.3 is 10.1 Å². The second kappa shape index (κ2) is 5.28. The van der Waals surface area contributed by atoms with Crippen LogP contribution >= 0.6 is 12.6 Å². The SMILES string of the molecule is CC(C)C(CC(=O)O)(C(=O)S)c1nc2ccccc2[nH]1. The summed E-state index contributed by atoms with van der Waals surface area (Å²) in [4.78, 5) is 30.7. The number of thiol groups is 1. The van der Waals surface area contributed by atoms with E-state index in [1.807, 2.05) is 24.3 Å². The minimum Gasteiger partial charge on any atom is -0.481 e. The minimum atomic E-state index is -1.26. The number of fused-ring (bicyclic) bond motifs is 1. The number of hydrogen-bond acceptors (Lipinski definition) is 3. The van der Waals surface area contributed by atoms with Gasteiger partial charge in [0.2, 0.25) is 0 Å². The monoisotopic (exact) mass is 292 g/mol. The van der Waals surface area contributed by atoms with Crippen molar-refractivity contribution in [3.63, 3.8) is 0 Å². The van der Waals surface area contributed by atoms with Gasteiger partial charge in [-0.25, -0.2) is 4.98 Å². The van der Waals surface area contributed by atoms with Crippen molar-refractivity contribution in [2.24, 2.45) is 5.92 Å². The number of benzene rings is 1. The molecule has 106 valence electrons. The van der Waals surface area contributed by atoms with Gasteiger partial charge in [-0.15, -0.1) is 12.6 Å². The number of carboxylic acids is 1. The van der Waals surface area contributed by atoms with E-state index in [9.17, 15) is 9.59 Å². The molecule has 0 spiro atoms. The maximum atomic E-state index is 12.1. The van der Waals surface area contributed by atoms with Gasteiger partial charge in [0.1, 0.15) is 11.2 Å². The molecule has 1 aromatic carbocycles. The van der Waals surface area contributed by atoms with Crippen LogP contribution in [0.2, 0.25) is 0 Å². The Morgan fingerprint density at radius 1 is 1.40 bits per heavy atom. The first-order valence-electron chi connectivity index (χ1n) is 6.28. The second-order valence-electron chi connectivity index (χ2n) is 5.10. The van der Waals surface area contributed by atoms with E-state index in [4.69, 9.17) is 5.11 Å². The average molecular weight is 292 g/mol. The summed E-state index contributed by atoms with van der Waals surface area (Å²) in [6.45, 7) is 3.59. The summed E-state index contributed by atoms with van der Waals surface area (Å²) in [6, 6.07) is 7.33. The quantitative estimate of drug-likeness (QED) is 0.739. The lowest BCUT2D eigenvalue weighted by atomic mass is 9.74. The van der Waals surface area contributed by atoms with E-state index in [2.05, 4.69) is 22.6 Å². The van der Waals surface area contributed by atoms with Crippen LogP contribution in [0.3, 0.4) is 0 Å². The van der Waals surface area contributed by atoms with Crippen molar-refractivity contribution in [3.8, 4) is 0 Å². The summed E-state index contributed by atoms with van der Waals surface area (Å²) in [5, 5.41) is 8.66. The number of rotatable bonds is 5. The number of aliphatic carboxylic acids is 1. The molecular formula is C14H16N2O3S. The Morgan fingerprint density at radius 3 is 2.55 bits per heavy atom. The molecule has 0 amide bonds. The molecule has 2 rings (SSSR count). The van der Waals surface area contributed by atoms with Crippen LogP contribution in [0.4, 0.5) is 0 Å². The van der Waals surface area contributed by atoms with E-state index in [0.717, 1.165) is 5.52 Å². The molecule has 1 atom stereocenters. The summed E-state index contributed by atoms with van der Waals surface area (Å²) in [7, 11) is 0. The Kier molecular flexibility index (Phi) is 3.85. The van der Waals surface area contributed by atoms with E-state index in [1.165, 1.54) is 0 Å². The Hall–Kier alpha value is -1.82. The van der Waals surface area contributed by atoms with Crippen molar-refractivity contribution in [2.75, 3.05) is 0 Å². The molecule has 20 heavy (non-hydrogen) atoms. The molecule has 1 unspecified atom stereocenters. The van der Waals surface area contributed by atoms with Crippen LogP contribution < -0.4 is 0 Å². The third-order valence-electron chi connectivity index (χ3n) is 3.61. The molecule has 0 saturated carbocycles. The number of carbonyl (C=O) groups is 2. The molecule has 0 fully saturated rings.